The van der Waals surface area contributed by atoms with Gasteiger partial charge >= 0.3 is 12.1 Å². The molecule has 4 heterocycles. The van der Waals surface area contributed by atoms with Crippen molar-refractivity contribution in [3.05, 3.63) is 141 Å². The molecule has 290 valence electrons. The molecule has 13 heteroatoms. The Hall–Kier alpha value is -5.36. The number of nitrogens with zero attached hydrogens (tertiary/aromatic N) is 3. The molecular weight excluding hydrogens is 760 g/mol. The smallest absolute Gasteiger partial charge is 0.415 e. The summed E-state index contributed by atoms with van der Waals surface area (Å²) >= 11 is 13.2. The van der Waals surface area contributed by atoms with Crippen molar-refractivity contribution in [2.24, 2.45) is 5.92 Å². The summed E-state index contributed by atoms with van der Waals surface area (Å²) in [5.41, 5.74) is 4.16. The van der Waals surface area contributed by atoms with Crippen molar-refractivity contribution < 1.29 is 43.2 Å². The highest BCUT2D eigenvalue weighted by atomic mass is 35.5. The maximum Gasteiger partial charge on any atom is 0.415 e. The molecule has 0 spiro atoms. The zero-order chi connectivity index (χ0) is 39.5. The molecule has 0 saturated carbocycles. The minimum atomic E-state index is -1.12. The van der Waals surface area contributed by atoms with E-state index in [2.05, 4.69) is 4.90 Å². The van der Waals surface area contributed by atoms with Gasteiger partial charge in [-0.2, -0.15) is 0 Å². The van der Waals surface area contributed by atoms with Gasteiger partial charge in [-0.25, -0.2) is 14.0 Å². The lowest BCUT2D eigenvalue weighted by molar-refractivity contribution is -0.904. The number of amides is 1. The van der Waals surface area contributed by atoms with Crippen LogP contribution in [0.15, 0.2) is 97.3 Å². The number of pyridine rings is 1. The van der Waals surface area contributed by atoms with E-state index in [1.54, 1.807) is 42.5 Å². The van der Waals surface area contributed by atoms with Gasteiger partial charge in [0, 0.05) is 22.8 Å². The molecule has 3 aliphatic rings. The maximum absolute atomic E-state index is 15.2. The van der Waals surface area contributed by atoms with Crippen LogP contribution in [0.4, 0.5) is 14.9 Å². The van der Waals surface area contributed by atoms with Gasteiger partial charge < -0.3 is 19.3 Å². The lowest BCUT2D eigenvalue weighted by Gasteiger charge is -2.44. The van der Waals surface area contributed by atoms with E-state index in [0.29, 0.717) is 40.7 Å². The molecule has 3 fully saturated rings. The molecule has 2 atom stereocenters. The maximum atomic E-state index is 15.2. The van der Waals surface area contributed by atoms with Gasteiger partial charge in [-0.15, -0.1) is 0 Å². The van der Waals surface area contributed by atoms with Crippen molar-refractivity contribution in [1.82, 2.24) is 4.90 Å². The Kier molecular flexibility index (Phi) is 11.7. The molecule has 0 unspecified atom stereocenters. The number of aromatic carboxylic acids is 1. The number of rotatable bonds is 12. The molecule has 3 aliphatic heterocycles. The summed E-state index contributed by atoms with van der Waals surface area (Å²) in [6.45, 7) is 2.75. The van der Waals surface area contributed by atoms with Crippen LogP contribution in [0.25, 0.3) is 11.1 Å². The van der Waals surface area contributed by atoms with Crippen LogP contribution in [0, 0.1) is 11.7 Å². The van der Waals surface area contributed by atoms with Crippen LogP contribution in [0.2, 0.25) is 10.0 Å². The number of halogens is 3. The molecule has 0 aliphatic carbocycles. The van der Waals surface area contributed by atoms with Crippen molar-refractivity contribution in [1.29, 1.82) is 0 Å². The minimum Gasteiger partial charge on any atom is -0.493 e. The summed E-state index contributed by atoms with van der Waals surface area (Å²) < 4.78 is 33.0. The van der Waals surface area contributed by atoms with Crippen molar-refractivity contribution in [2.75, 3.05) is 38.8 Å². The predicted octanol–water partition coefficient (Wildman–Crippen LogP) is 8.65. The van der Waals surface area contributed by atoms with E-state index >= 15 is 4.39 Å². The normalized spacial score (nSPS) is 17.9. The van der Waals surface area contributed by atoms with Gasteiger partial charge in [0.2, 0.25) is 12.4 Å². The number of piperidine rings is 3. The summed E-state index contributed by atoms with van der Waals surface area (Å²) in [6.07, 6.45) is 3.91. The van der Waals surface area contributed by atoms with Crippen molar-refractivity contribution in [3.8, 4) is 22.6 Å². The molecule has 10 nitrogen and oxygen atoms in total. The first-order valence-corrected chi connectivity index (χ1v) is 19.0. The minimum absolute atomic E-state index is 0.0676. The average Bonchev–Trinajstić information content (AvgIpc) is 3.20. The van der Waals surface area contributed by atoms with E-state index in [9.17, 15) is 19.9 Å². The Morgan fingerprint density at radius 3 is 2.21 bits per heavy atom. The lowest BCUT2D eigenvalue weighted by atomic mass is 9.82. The molecule has 2 bridgehead atoms. The third-order valence-electron chi connectivity index (χ3n) is 10.8. The molecule has 1 amide bonds. The molecule has 8 rings (SSSR count). The second-order valence-electron chi connectivity index (χ2n) is 14.1. The zero-order valence-corrected chi connectivity index (χ0v) is 32.3. The van der Waals surface area contributed by atoms with Gasteiger partial charge in [0.1, 0.15) is 22.0 Å². The van der Waals surface area contributed by atoms with Crippen molar-refractivity contribution in [2.45, 2.75) is 37.8 Å². The summed E-state index contributed by atoms with van der Waals surface area (Å²) in [6, 6.07) is 24.1. The number of carbonyl (C=O) groups is 2. The fourth-order valence-corrected chi connectivity index (χ4v) is 8.39. The van der Waals surface area contributed by atoms with Gasteiger partial charge in [0.25, 0.3) is 0 Å². The summed E-state index contributed by atoms with van der Waals surface area (Å²) in [7, 11) is 3.05. The number of anilines is 1. The van der Waals surface area contributed by atoms with Gasteiger partial charge in [0.05, 0.1) is 32.0 Å². The Labute approximate surface area is 334 Å². The molecule has 0 radical (unpaired) electrons. The Morgan fingerprint density at radius 2 is 1.59 bits per heavy atom. The number of fused-ring (bicyclic) bond motifs is 3. The largest absolute Gasteiger partial charge is 0.493 e. The Balaban J connectivity index is 1.22. The van der Waals surface area contributed by atoms with Crippen LogP contribution in [0.5, 0.6) is 11.5 Å². The number of methoxy groups -OCH3 is 2. The number of hydrogen-bond acceptors (Lipinski definition) is 7. The van der Waals surface area contributed by atoms with E-state index in [1.807, 2.05) is 36.4 Å². The number of para-hydroxylation sites is 1. The topological polar surface area (TPSA) is 113 Å². The molecule has 5 aromatic rings. The molecule has 56 heavy (non-hydrogen) atoms. The third-order valence-corrected chi connectivity index (χ3v) is 11.4. The van der Waals surface area contributed by atoms with Crippen LogP contribution in [-0.2, 0) is 17.7 Å². The van der Waals surface area contributed by atoms with Gasteiger partial charge in [-0.05, 0) is 102 Å². The number of carboxylic acid groups (broad SMARTS) is 1. The number of benzene rings is 4. The number of carbonyl (C=O) groups excluding carboxylic acids is 1. The second kappa shape index (κ2) is 16.8. The summed E-state index contributed by atoms with van der Waals surface area (Å²) in [4.78, 5) is 30.1. The van der Waals surface area contributed by atoms with Gasteiger partial charge in [-0.3, -0.25) is 15.0 Å². The fourth-order valence-electron chi connectivity index (χ4n) is 7.78. The van der Waals surface area contributed by atoms with Crippen LogP contribution < -0.4 is 19.1 Å². The Bertz CT molecular complexity index is 2220. The monoisotopic (exact) mass is 800 g/mol. The van der Waals surface area contributed by atoms with Crippen molar-refractivity contribution >= 4 is 41.0 Å². The van der Waals surface area contributed by atoms with Crippen LogP contribution >= 0.6 is 23.2 Å². The SMILES string of the molecule is COc1ccc([C@H](Cc2c(Cl)c[n+](O)cc2Cl)c2cc(-c3ccc(CN(C(=O)O[C@H]4CN5CCC4CC5)c4ccccc4F)cc3)ccc2C(=O)O)cc1OC. The van der Waals surface area contributed by atoms with Gasteiger partial charge in [-0.1, -0.05) is 71.7 Å². The number of carboxylic acids is 1. The Morgan fingerprint density at radius 1 is 0.911 bits per heavy atom. The zero-order valence-electron chi connectivity index (χ0n) is 30.8. The first kappa shape index (κ1) is 38.9. The highest BCUT2D eigenvalue weighted by Gasteiger charge is 2.38. The van der Waals surface area contributed by atoms with Crippen LogP contribution in [-0.4, -0.2) is 67.2 Å². The van der Waals surface area contributed by atoms with E-state index in [0.717, 1.165) is 47.4 Å². The third kappa shape index (κ3) is 8.26. The van der Waals surface area contributed by atoms with Crippen LogP contribution in [0.3, 0.4) is 0 Å². The van der Waals surface area contributed by atoms with E-state index in [-0.39, 0.29) is 40.4 Å². The molecule has 3 saturated heterocycles. The first-order chi connectivity index (χ1) is 27.0. The highest BCUT2D eigenvalue weighted by Crippen LogP contribution is 2.40. The second-order valence-corrected chi connectivity index (χ2v) is 14.9. The molecule has 1 aromatic heterocycles. The number of hydrogen-bond donors (Lipinski definition) is 2. The summed E-state index contributed by atoms with van der Waals surface area (Å²) in [5, 5.41) is 20.9. The quantitative estimate of drug-likeness (QED) is 0.0953. The standard InChI is InChI=1S/C43H40Cl2FN3O7/c1-54-39-14-12-30(20-40(39)55-2)32(21-34-35(44)23-48(53)24-36(34)45)33-19-29(11-13-31(33)42(50)51)27-9-7-26(8-10-27)22-49(38-6-4-3-5-37(38)46)43(52)56-41-25-47-17-15-28(41)16-18-47/h3-14,19-20,23-24,28,32,41H,15-18,21-22,25H2,1-2H3,(H-,50,51,53)/p+1/t32-,41-/m0/s1. The van der Waals surface area contributed by atoms with Crippen molar-refractivity contribution in [3.63, 3.8) is 0 Å². The van der Waals surface area contributed by atoms with E-state index < -0.39 is 23.8 Å². The van der Waals surface area contributed by atoms with E-state index in [4.69, 9.17) is 37.4 Å². The number of aromatic nitrogens is 1. The highest BCUT2D eigenvalue weighted by molar-refractivity contribution is 6.35. The molecule has 2 N–H and O–H groups in total. The van der Waals surface area contributed by atoms with Crippen LogP contribution in [0.1, 0.15) is 51.4 Å². The van der Waals surface area contributed by atoms with E-state index in [1.165, 1.54) is 37.6 Å². The lowest BCUT2D eigenvalue weighted by Crippen LogP contribution is -2.53. The summed E-state index contributed by atoms with van der Waals surface area (Å²) in [5.74, 6) is -0.998. The van der Waals surface area contributed by atoms with Gasteiger partial charge in [0.15, 0.2) is 11.5 Å². The fraction of sp³-hybridized carbons (Fsp3) is 0.279. The molecular formula is C43H41Cl2FN3O7+. The number of ether oxygens (including phenoxy) is 3. The first-order valence-electron chi connectivity index (χ1n) is 18.2. The predicted molar refractivity (Wildman–Crippen MR) is 210 cm³/mol. The average molecular weight is 802 g/mol. The molecule has 4 aromatic carbocycles.